The minimum Gasteiger partial charge on any atom is -0.488 e. The Kier molecular flexibility index (Phi) is 7.92. The minimum atomic E-state index is -0.908. The van der Waals surface area contributed by atoms with Crippen molar-refractivity contribution in [3.05, 3.63) is 59.4 Å². The maximum absolute atomic E-state index is 12.9. The lowest BCUT2D eigenvalue weighted by Crippen LogP contribution is -2.45. The fraction of sp³-hybridized carbons (Fsp3) is 0.480. The number of pyridine rings is 1. The normalized spacial score (nSPS) is 16.2. The molecule has 2 atom stereocenters. The van der Waals surface area contributed by atoms with Crippen molar-refractivity contribution in [3.8, 4) is 5.75 Å². The van der Waals surface area contributed by atoms with Gasteiger partial charge in [0.05, 0.1) is 31.4 Å². The largest absolute Gasteiger partial charge is 0.488 e. The van der Waals surface area contributed by atoms with Gasteiger partial charge in [0.25, 0.3) is 0 Å². The maximum Gasteiger partial charge on any atom is 0.410 e. The highest BCUT2D eigenvalue weighted by atomic mass is 16.6. The predicted octanol–water partition coefficient (Wildman–Crippen LogP) is 3.92. The number of aliphatic hydroxyl groups is 1. The molecule has 0 radical (unpaired) electrons. The molecule has 1 aliphatic heterocycles. The van der Waals surface area contributed by atoms with Crippen molar-refractivity contribution in [1.29, 1.82) is 0 Å². The molecule has 178 valence electrons. The summed E-state index contributed by atoms with van der Waals surface area (Å²) in [5.41, 5.74) is 1.37. The Morgan fingerprint density at radius 2 is 2.09 bits per heavy atom. The first-order valence-corrected chi connectivity index (χ1v) is 11.2. The van der Waals surface area contributed by atoms with E-state index in [4.69, 9.17) is 14.2 Å². The number of benzene rings is 1. The van der Waals surface area contributed by atoms with Crippen molar-refractivity contribution in [3.63, 3.8) is 0 Å². The van der Waals surface area contributed by atoms with Gasteiger partial charge < -0.3 is 24.2 Å². The molecule has 0 fully saturated rings. The summed E-state index contributed by atoms with van der Waals surface area (Å²) in [5.74, 6) is 0.319. The van der Waals surface area contributed by atoms with Gasteiger partial charge >= 0.3 is 12.1 Å². The number of aryl methyl sites for hydroxylation is 1. The van der Waals surface area contributed by atoms with Crippen molar-refractivity contribution in [2.45, 2.75) is 58.3 Å². The molecule has 0 bridgehead atoms. The standard InChI is InChI=1S/C25H32N2O6/c1-5-31-23(29)18-9-11-22-17(13-18)8-10-20(32-22)15-27(24(30)33-25(2,3)4)16-21(28)19-7-6-12-26-14-19/h6-7,9,11-14,20-21,28H,5,8,10,15-16H2,1-4H3/t20?,21-/m0/s1. The summed E-state index contributed by atoms with van der Waals surface area (Å²) in [6.07, 6.45) is 2.85. The van der Waals surface area contributed by atoms with Gasteiger partial charge in [-0.25, -0.2) is 9.59 Å². The van der Waals surface area contributed by atoms with E-state index in [1.165, 1.54) is 4.90 Å². The first-order chi connectivity index (χ1) is 15.7. The van der Waals surface area contributed by atoms with E-state index in [0.717, 1.165) is 5.56 Å². The Labute approximate surface area is 194 Å². The van der Waals surface area contributed by atoms with Crippen LogP contribution in [0.5, 0.6) is 5.75 Å². The number of ether oxygens (including phenoxy) is 3. The van der Waals surface area contributed by atoms with Crippen LogP contribution in [0.4, 0.5) is 4.79 Å². The molecule has 0 saturated heterocycles. The van der Waals surface area contributed by atoms with Crippen LogP contribution in [-0.2, 0) is 15.9 Å². The van der Waals surface area contributed by atoms with E-state index < -0.39 is 17.8 Å². The molecule has 0 saturated carbocycles. The van der Waals surface area contributed by atoms with Crippen molar-refractivity contribution >= 4 is 12.1 Å². The average molecular weight is 457 g/mol. The van der Waals surface area contributed by atoms with Crippen LogP contribution in [0.1, 0.15) is 61.7 Å². The summed E-state index contributed by atoms with van der Waals surface area (Å²) in [6.45, 7) is 7.80. The SMILES string of the molecule is CCOC(=O)c1ccc2c(c1)CCC(CN(C[C@H](O)c1cccnc1)C(=O)OC(C)(C)C)O2. The lowest BCUT2D eigenvalue weighted by molar-refractivity contribution is 0.00362. The van der Waals surface area contributed by atoms with Crippen LogP contribution in [0.25, 0.3) is 0 Å². The van der Waals surface area contributed by atoms with Crippen molar-refractivity contribution in [2.75, 3.05) is 19.7 Å². The average Bonchev–Trinajstić information content (AvgIpc) is 2.77. The molecular weight excluding hydrogens is 424 g/mol. The summed E-state index contributed by atoms with van der Waals surface area (Å²) < 4.78 is 16.8. The van der Waals surface area contributed by atoms with Gasteiger partial charge in [-0.15, -0.1) is 0 Å². The highest BCUT2D eigenvalue weighted by Crippen LogP contribution is 2.30. The molecule has 0 aliphatic carbocycles. The highest BCUT2D eigenvalue weighted by Gasteiger charge is 2.30. The molecule has 0 spiro atoms. The monoisotopic (exact) mass is 456 g/mol. The Balaban J connectivity index is 1.72. The van der Waals surface area contributed by atoms with E-state index >= 15 is 0 Å². The first-order valence-electron chi connectivity index (χ1n) is 11.2. The van der Waals surface area contributed by atoms with Gasteiger partial charge in [-0.3, -0.25) is 4.98 Å². The number of amides is 1. The summed E-state index contributed by atoms with van der Waals surface area (Å²) in [4.78, 5) is 30.4. The topological polar surface area (TPSA) is 98.2 Å². The fourth-order valence-corrected chi connectivity index (χ4v) is 3.60. The van der Waals surface area contributed by atoms with Gasteiger partial charge in [0.2, 0.25) is 0 Å². The zero-order valence-electron chi connectivity index (χ0n) is 19.6. The number of hydrogen-bond acceptors (Lipinski definition) is 7. The molecule has 1 aromatic heterocycles. The molecule has 1 aromatic carbocycles. The Morgan fingerprint density at radius 3 is 2.76 bits per heavy atom. The van der Waals surface area contributed by atoms with Gasteiger partial charge in [0, 0.05) is 18.0 Å². The Hall–Kier alpha value is -3.13. The lowest BCUT2D eigenvalue weighted by Gasteiger charge is -2.33. The molecule has 1 amide bonds. The zero-order chi connectivity index (χ0) is 24.0. The fourth-order valence-electron chi connectivity index (χ4n) is 3.60. The number of aliphatic hydroxyl groups excluding tert-OH is 1. The number of aromatic nitrogens is 1. The Morgan fingerprint density at radius 1 is 1.30 bits per heavy atom. The van der Waals surface area contributed by atoms with Crippen molar-refractivity contribution in [1.82, 2.24) is 9.88 Å². The van der Waals surface area contributed by atoms with E-state index in [1.54, 1.807) is 70.4 Å². The second-order valence-electron chi connectivity index (χ2n) is 9.01. The van der Waals surface area contributed by atoms with Crippen LogP contribution < -0.4 is 4.74 Å². The van der Waals surface area contributed by atoms with Crippen LogP contribution >= 0.6 is 0 Å². The molecule has 1 aliphatic rings. The molecule has 1 unspecified atom stereocenters. The highest BCUT2D eigenvalue weighted by molar-refractivity contribution is 5.89. The number of fused-ring (bicyclic) bond motifs is 1. The van der Waals surface area contributed by atoms with Crippen molar-refractivity contribution in [2.24, 2.45) is 0 Å². The third-order valence-electron chi connectivity index (χ3n) is 5.14. The molecule has 2 aromatic rings. The van der Waals surface area contributed by atoms with Crippen LogP contribution in [-0.4, -0.2) is 58.5 Å². The second-order valence-corrected chi connectivity index (χ2v) is 9.01. The molecule has 8 nitrogen and oxygen atoms in total. The summed E-state index contributed by atoms with van der Waals surface area (Å²) in [5, 5.41) is 10.7. The molecule has 2 heterocycles. The first kappa shape index (κ1) is 24.5. The van der Waals surface area contributed by atoms with Gasteiger partial charge in [-0.1, -0.05) is 6.07 Å². The van der Waals surface area contributed by atoms with Gasteiger partial charge in [0.1, 0.15) is 17.5 Å². The number of esters is 1. The van der Waals surface area contributed by atoms with Crippen LogP contribution in [0.3, 0.4) is 0 Å². The quantitative estimate of drug-likeness (QED) is 0.631. The molecular formula is C25H32N2O6. The van der Waals surface area contributed by atoms with Gasteiger partial charge in [0.15, 0.2) is 0 Å². The number of hydrogen-bond donors (Lipinski definition) is 1. The summed E-state index contributed by atoms with van der Waals surface area (Å²) in [7, 11) is 0. The van der Waals surface area contributed by atoms with Crippen LogP contribution in [0, 0.1) is 0 Å². The Bertz CT molecular complexity index is 957. The van der Waals surface area contributed by atoms with E-state index in [0.29, 0.717) is 36.3 Å². The maximum atomic E-state index is 12.9. The van der Waals surface area contributed by atoms with Gasteiger partial charge in [-0.05, 0) is 70.4 Å². The number of rotatable bonds is 7. The second kappa shape index (κ2) is 10.7. The van der Waals surface area contributed by atoms with Crippen LogP contribution in [0.2, 0.25) is 0 Å². The minimum absolute atomic E-state index is 0.0507. The number of carbonyl (C=O) groups is 2. The summed E-state index contributed by atoms with van der Waals surface area (Å²) in [6, 6.07) is 8.73. The molecule has 3 rings (SSSR count). The predicted molar refractivity (Wildman–Crippen MR) is 122 cm³/mol. The van der Waals surface area contributed by atoms with Crippen LogP contribution in [0.15, 0.2) is 42.7 Å². The summed E-state index contributed by atoms with van der Waals surface area (Å²) >= 11 is 0. The smallest absolute Gasteiger partial charge is 0.410 e. The zero-order valence-corrected chi connectivity index (χ0v) is 19.6. The van der Waals surface area contributed by atoms with E-state index in [9.17, 15) is 14.7 Å². The van der Waals surface area contributed by atoms with E-state index in [1.807, 2.05) is 0 Å². The third kappa shape index (κ3) is 6.92. The third-order valence-corrected chi connectivity index (χ3v) is 5.14. The van der Waals surface area contributed by atoms with E-state index in [-0.39, 0.29) is 25.2 Å². The van der Waals surface area contributed by atoms with E-state index in [2.05, 4.69) is 4.98 Å². The molecule has 8 heteroatoms. The van der Waals surface area contributed by atoms with Gasteiger partial charge in [-0.2, -0.15) is 0 Å². The lowest BCUT2D eigenvalue weighted by atomic mass is 9.99. The molecule has 33 heavy (non-hydrogen) atoms. The number of nitrogens with zero attached hydrogens (tertiary/aromatic N) is 2. The molecule has 1 N–H and O–H groups in total. The van der Waals surface area contributed by atoms with Crippen molar-refractivity contribution < 1.29 is 28.9 Å². The number of carbonyl (C=O) groups excluding carboxylic acids is 2.